The first-order chi connectivity index (χ1) is 16.3. The molecule has 0 saturated heterocycles. The topological polar surface area (TPSA) is 143 Å². The van der Waals surface area contributed by atoms with E-state index in [2.05, 4.69) is 10.2 Å². The summed E-state index contributed by atoms with van der Waals surface area (Å²) < 4.78 is 49.2. The molecule has 0 spiro atoms. The number of aromatic amines is 1. The van der Waals surface area contributed by atoms with Gasteiger partial charge in [-0.25, -0.2) is 22.7 Å². The molecule has 0 aliphatic carbocycles. The Morgan fingerprint density at radius 3 is 2.60 bits per heavy atom. The molecule has 0 unspecified atom stereocenters. The highest BCUT2D eigenvalue weighted by atomic mass is 35.5. The molecule has 13 heteroatoms. The van der Waals surface area contributed by atoms with E-state index in [4.69, 9.17) is 21.8 Å². The highest BCUT2D eigenvalue weighted by molar-refractivity contribution is 7.89. The molecule has 2 aromatic carbocycles. The number of amides is 1. The first kappa shape index (κ1) is 24.9. The predicted molar refractivity (Wildman–Crippen MR) is 126 cm³/mol. The molecule has 1 aliphatic rings. The summed E-state index contributed by atoms with van der Waals surface area (Å²) in [5.41, 5.74) is 7.03. The fourth-order valence-corrected chi connectivity index (χ4v) is 6.77. The number of hydrogen-bond acceptors (Lipinski definition) is 7. The lowest BCUT2D eigenvalue weighted by Gasteiger charge is -2.41. The number of aromatic nitrogens is 2. The average molecular weight is 524 g/mol. The van der Waals surface area contributed by atoms with Crippen LogP contribution in [0.2, 0.25) is 5.02 Å². The number of carbonyl (C=O) groups is 1. The van der Waals surface area contributed by atoms with Gasteiger partial charge in [0.1, 0.15) is 16.8 Å². The summed E-state index contributed by atoms with van der Waals surface area (Å²) in [6.45, 7) is 4.92. The lowest BCUT2D eigenvalue weighted by atomic mass is 9.87. The van der Waals surface area contributed by atoms with Gasteiger partial charge in [-0.1, -0.05) is 24.6 Å². The van der Waals surface area contributed by atoms with Crippen LogP contribution in [0.25, 0.3) is 0 Å². The number of carbonyl (C=O) groups excluding carboxylic acids is 1. The van der Waals surface area contributed by atoms with Gasteiger partial charge in [0, 0.05) is 18.0 Å². The maximum Gasteiger partial charge on any atom is 0.434 e. The van der Waals surface area contributed by atoms with E-state index in [-0.39, 0.29) is 39.3 Å². The van der Waals surface area contributed by atoms with E-state index >= 15 is 4.39 Å². The maximum absolute atomic E-state index is 15.1. The molecular weight excluding hydrogens is 501 g/mol. The van der Waals surface area contributed by atoms with Crippen LogP contribution in [0.15, 0.2) is 38.4 Å². The van der Waals surface area contributed by atoms with Crippen molar-refractivity contribution in [3.8, 4) is 0 Å². The maximum atomic E-state index is 15.1. The molecule has 1 aliphatic heterocycles. The Balaban J connectivity index is 1.98. The third-order valence-electron chi connectivity index (χ3n) is 6.31. The number of halogens is 2. The smallest absolute Gasteiger partial charge is 0.391 e. The minimum atomic E-state index is -4.44. The zero-order valence-electron chi connectivity index (χ0n) is 19.3. The monoisotopic (exact) mass is 523 g/mol. The molecule has 3 N–H and O–H groups in total. The lowest BCUT2D eigenvalue weighted by molar-refractivity contribution is 0.0996. The molecule has 10 nitrogen and oxygen atoms in total. The average Bonchev–Trinajstić information content (AvgIpc) is 3.20. The van der Waals surface area contributed by atoms with Crippen LogP contribution in [0, 0.1) is 19.7 Å². The number of hydrogen-bond donors (Lipinski definition) is 2. The van der Waals surface area contributed by atoms with Crippen LogP contribution >= 0.6 is 11.6 Å². The molecule has 2 heterocycles. The number of sulfonamides is 1. The highest BCUT2D eigenvalue weighted by Gasteiger charge is 2.46. The molecule has 0 saturated carbocycles. The van der Waals surface area contributed by atoms with E-state index in [9.17, 15) is 18.0 Å². The number of primary amides is 1. The van der Waals surface area contributed by atoms with Gasteiger partial charge in [-0.05, 0) is 48.7 Å². The molecule has 4 rings (SSSR count). The van der Waals surface area contributed by atoms with Gasteiger partial charge in [-0.15, -0.1) is 5.10 Å². The van der Waals surface area contributed by atoms with Crippen LogP contribution in [-0.2, 0) is 10.0 Å². The quantitative estimate of drug-likeness (QED) is 0.523. The van der Waals surface area contributed by atoms with E-state index in [0.717, 1.165) is 9.87 Å². The van der Waals surface area contributed by atoms with Crippen molar-refractivity contribution in [3.05, 3.63) is 73.8 Å². The van der Waals surface area contributed by atoms with Crippen molar-refractivity contribution in [2.45, 2.75) is 37.6 Å². The highest BCUT2D eigenvalue weighted by Crippen LogP contribution is 2.45. The van der Waals surface area contributed by atoms with Crippen molar-refractivity contribution in [3.63, 3.8) is 0 Å². The molecule has 0 fully saturated rings. The molecule has 35 heavy (non-hydrogen) atoms. The van der Waals surface area contributed by atoms with E-state index in [1.807, 2.05) is 0 Å². The predicted octanol–water partition coefficient (Wildman–Crippen LogP) is 2.81. The number of rotatable bonds is 5. The first-order valence-electron chi connectivity index (χ1n) is 10.5. The summed E-state index contributed by atoms with van der Waals surface area (Å²) in [6.07, 6.45) is 0. The van der Waals surface area contributed by atoms with Crippen molar-refractivity contribution in [2.75, 3.05) is 18.6 Å². The number of fused-ring (bicyclic) bond motifs is 1. The van der Waals surface area contributed by atoms with Gasteiger partial charge in [-0.2, -0.15) is 4.31 Å². The van der Waals surface area contributed by atoms with Crippen LogP contribution in [0.5, 0.6) is 0 Å². The summed E-state index contributed by atoms with van der Waals surface area (Å²) in [7, 11) is -2.84. The van der Waals surface area contributed by atoms with E-state index in [1.54, 1.807) is 38.8 Å². The van der Waals surface area contributed by atoms with Gasteiger partial charge in [0.25, 0.3) is 0 Å². The number of nitrogens with two attached hydrogens (primary N) is 1. The third kappa shape index (κ3) is 4.11. The Hall–Kier alpha value is -3.22. The Morgan fingerprint density at radius 1 is 1.31 bits per heavy atom. The third-order valence-corrected chi connectivity index (χ3v) is 8.43. The van der Waals surface area contributed by atoms with Crippen molar-refractivity contribution in [1.82, 2.24) is 14.5 Å². The summed E-state index contributed by atoms with van der Waals surface area (Å²) in [4.78, 5) is 25.2. The molecule has 3 aromatic rings. The van der Waals surface area contributed by atoms with Gasteiger partial charge in [0.15, 0.2) is 0 Å². The number of benzene rings is 2. The summed E-state index contributed by atoms with van der Waals surface area (Å²) in [5.74, 6) is -3.53. The molecule has 2 atom stereocenters. The summed E-state index contributed by atoms with van der Waals surface area (Å²) >= 11 is 6.11. The minimum absolute atomic E-state index is 0.133. The number of aryl methyl sites for hydroxylation is 1. The van der Waals surface area contributed by atoms with Gasteiger partial charge in [-0.3, -0.25) is 4.79 Å². The fourth-order valence-electron chi connectivity index (χ4n) is 4.51. The zero-order chi connectivity index (χ0) is 25.8. The minimum Gasteiger partial charge on any atom is -0.391 e. The normalized spacial score (nSPS) is 17.1. The molecule has 0 radical (unpaired) electrons. The largest absolute Gasteiger partial charge is 0.434 e. The van der Waals surface area contributed by atoms with Gasteiger partial charge < -0.3 is 15.1 Å². The van der Waals surface area contributed by atoms with Crippen molar-refractivity contribution < 1.29 is 22.0 Å². The number of nitrogens with one attached hydrogen (secondary N) is 1. The summed E-state index contributed by atoms with van der Waals surface area (Å²) in [5, 5.41) is 6.14. The summed E-state index contributed by atoms with van der Waals surface area (Å²) in [6, 6.07) is 4.26. The molecule has 0 bridgehead atoms. The number of anilines is 1. The van der Waals surface area contributed by atoms with Crippen LogP contribution in [-0.4, -0.2) is 42.5 Å². The van der Waals surface area contributed by atoms with Gasteiger partial charge >= 0.3 is 5.76 Å². The van der Waals surface area contributed by atoms with Crippen molar-refractivity contribution >= 4 is 33.2 Å². The fraction of sp³-hybridized carbons (Fsp3) is 0.318. The van der Waals surface area contributed by atoms with E-state index in [0.29, 0.717) is 5.56 Å². The lowest BCUT2D eigenvalue weighted by Crippen LogP contribution is -2.48. The Bertz CT molecular complexity index is 1500. The first-order valence-corrected chi connectivity index (χ1v) is 12.3. The molecule has 1 amide bonds. The van der Waals surface area contributed by atoms with E-state index < -0.39 is 39.5 Å². The van der Waals surface area contributed by atoms with Crippen molar-refractivity contribution in [2.24, 2.45) is 5.73 Å². The second kappa shape index (κ2) is 8.77. The zero-order valence-corrected chi connectivity index (χ0v) is 20.9. The van der Waals surface area contributed by atoms with Crippen molar-refractivity contribution in [1.29, 1.82) is 0 Å². The second-order valence-corrected chi connectivity index (χ2v) is 10.7. The Morgan fingerprint density at radius 2 is 2.00 bits per heavy atom. The van der Waals surface area contributed by atoms with Gasteiger partial charge in [0.2, 0.25) is 21.8 Å². The molecule has 1 aromatic heterocycles. The number of H-pyrrole nitrogens is 1. The number of nitrogens with zero attached hydrogens (tertiary/aromatic N) is 3. The van der Waals surface area contributed by atoms with Crippen LogP contribution in [0.3, 0.4) is 0 Å². The Kier molecular flexibility index (Phi) is 6.24. The van der Waals surface area contributed by atoms with Crippen LogP contribution in [0.4, 0.5) is 10.1 Å². The Labute approximate surface area is 205 Å². The van der Waals surface area contributed by atoms with E-state index in [1.165, 1.54) is 18.2 Å². The van der Waals surface area contributed by atoms with Crippen LogP contribution < -0.4 is 16.4 Å². The molecular formula is C22H23ClFN5O5S. The van der Waals surface area contributed by atoms with Gasteiger partial charge in [0.05, 0.1) is 17.9 Å². The van der Waals surface area contributed by atoms with Crippen LogP contribution in [0.1, 0.15) is 51.8 Å². The molecule has 186 valence electrons. The SMILES string of the molecule is Cc1ccc(F)c([C@@H](C)[C@@H](c2n[nH]c(=O)o2)N2CN(C)c3cc(Cl)cc(C(N)=O)c3S2(=O)=O)c1C. The standard InChI is InChI=1S/C22H23ClFN5O5S/c1-10-5-6-15(24)17(11(10)2)12(3)18(21-26-27-22(31)34-21)29-9-28(4)16-8-13(23)7-14(20(25)30)19(16)35(29,32)33/h5-8,12,18H,9H2,1-4H3,(H2,25,30)(H,27,31)/t12-,18+/m1/s1. The second-order valence-electron chi connectivity index (χ2n) is 8.49.